The molecule has 0 fully saturated rings. The van der Waals surface area contributed by atoms with Crippen LogP contribution in [0.1, 0.15) is 19.5 Å². The molecule has 1 amide bonds. The molecule has 0 aromatic carbocycles. The third-order valence-corrected chi connectivity index (χ3v) is 2.80. The molecule has 1 N–H and O–H groups in total. The van der Waals surface area contributed by atoms with Crippen LogP contribution in [-0.4, -0.2) is 20.9 Å². The molecule has 2 heterocycles. The first-order valence-electron chi connectivity index (χ1n) is 6.43. The molecule has 0 saturated heterocycles. The quantitative estimate of drug-likeness (QED) is 0.945. The maximum absolute atomic E-state index is 13.2. The predicted octanol–water partition coefficient (Wildman–Crippen LogP) is 3.15. The standard InChI is InChI=1S/C14H13F3N4O/c1-8(2)13(22)21-11-4-3-10(9-5-18-7-19-6-9)20-12(11)14(15,16)17/h3-8H,1-2H3,(H,21,22). The van der Waals surface area contributed by atoms with Crippen molar-refractivity contribution in [2.45, 2.75) is 20.0 Å². The van der Waals surface area contributed by atoms with E-state index >= 15 is 0 Å². The summed E-state index contributed by atoms with van der Waals surface area (Å²) < 4.78 is 39.5. The number of nitrogens with one attached hydrogen (secondary N) is 1. The fraction of sp³-hybridized carbons (Fsp3) is 0.286. The van der Waals surface area contributed by atoms with Crippen molar-refractivity contribution in [3.05, 3.63) is 36.5 Å². The number of alkyl halides is 3. The summed E-state index contributed by atoms with van der Waals surface area (Å²) in [5, 5.41) is 2.24. The Hall–Kier alpha value is -2.51. The Morgan fingerprint density at radius 2 is 1.82 bits per heavy atom. The third kappa shape index (κ3) is 3.57. The van der Waals surface area contributed by atoms with Crippen LogP contribution in [0.25, 0.3) is 11.3 Å². The molecule has 0 radical (unpaired) electrons. The molecule has 22 heavy (non-hydrogen) atoms. The molecule has 0 spiro atoms. The van der Waals surface area contributed by atoms with Crippen LogP contribution < -0.4 is 5.32 Å². The van der Waals surface area contributed by atoms with E-state index in [1.54, 1.807) is 13.8 Å². The Bertz CT molecular complexity index is 672. The van der Waals surface area contributed by atoms with E-state index < -0.39 is 23.7 Å². The lowest BCUT2D eigenvalue weighted by Crippen LogP contribution is -2.21. The number of carbonyl (C=O) groups excluding carboxylic acids is 1. The van der Waals surface area contributed by atoms with E-state index in [-0.39, 0.29) is 11.4 Å². The second-order valence-corrected chi connectivity index (χ2v) is 4.86. The van der Waals surface area contributed by atoms with Crippen molar-refractivity contribution in [1.29, 1.82) is 0 Å². The second-order valence-electron chi connectivity index (χ2n) is 4.86. The lowest BCUT2D eigenvalue weighted by molar-refractivity contribution is -0.140. The van der Waals surface area contributed by atoms with E-state index in [4.69, 9.17) is 0 Å². The van der Waals surface area contributed by atoms with Gasteiger partial charge in [0.2, 0.25) is 5.91 Å². The molecular weight excluding hydrogens is 297 g/mol. The van der Waals surface area contributed by atoms with Crippen LogP contribution in [0.3, 0.4) is 0 Å². The average Bonchev–Trinajstić information content (AvgIpc) is 2.47. The highest BCUT2D eigenvalue weighted by Crippen LogP contribution is 2.35. The highest BCUT2D eigenvalue weighted by Gasteiger charge is 2.36. The normalized spacial score (nSPS) is 11.5. The third-order valence-electron chi connectivity index (χ3n) is 2.80. The van der Waals surface area contributed by atoms with Gasteiger partial charge in [-0.05, 0) is 12.1 Å². The molecule has 0 bridgehead atoms. The fourth-order valence-electron chi connectivity index (χ4n) is 1.65. The number of rotatable bonds is 3. The molecule has 116 valence electrons. The van der Waals surface area contributed by atoms with Gasteiger partial charge >= 0.3 is 6.18 Å². The number of amides is 1. The number of hydrogen-bond donors (Lipinski definition) is 1. The van der Waals surface area contributed by atoms with Gasteiger partial charge in [-0.2, -0.15) is 13.2 Å². The van der Waals surface area contributed by atoms with Crippen LogP contribution >= 0.6 is 0 Å². The Morgan fingerprint density at radius 1 is 1.18 bits per heavy atom. The number of pyridine rings is 1. The molecular formula is C14H13F3N4O. The molecule has 5 nitrogen and oxygen atoms in total. The van der Waals surface area contributed by atoms with Crippen LogP contribution in [0.4, 0.5) is 18.9 Å². The van der Waals surface area contributed by atoms with Gasteiger partial charge in [-0.3, -0.25) is 4.79 Å². The highest BCUT2D eigenvalue weighted by atomic mass is 19.4. The second kappa shape index (κ2) is 6.08. The molecule has 8 heteroatoms. The SMILES string of the molecule is CC(C)C(=O)Nc1ccc(-c2cncnc2)nc1C(F)(F)F. The minimum absolute atomic E-state index is 0.0791. The molecule has 0 aliphatic heterocycles. The number of hydrogen-bond acceptors (Lipinski definition) is 4. The zero-order chi connectivity index (χ0) is 16.3. The summed E-state index contributed by atoms with van der Waals surface area (Å²) in [5.41, 5.74) is -1.08. The molecule has 2 rings (SSSR count). The van der Waals surface area contributed by atoms with Gasteiger partial charge in [0.15, 0.2) is 5.69 Å². The Kier molecular flexibility index (Phi) is 4.39. The minimum Gasteiger partial charge on any atom is -0.324 e. The number of carbonyl (C=O) groups is 1. The zero-order valence-electron chi connectivity index (χ0n) is 11.8. The first-order chi connectivity index (χ1) is 10.3. The molecule has 0 unspecified atom stereocenters. The van der Waals surface area contributed by atoms with Gasteiger partial charge < -0.3 is 5.32 Å². The number of aromatic nitrogens is 3. The topological polar surface area (TPSA) is 67.8 Å². The zero-order valence-corrected chi connectivity index (χ0v) is 11.8. The maximum Gasteiger partial charge on any atom is 0.435 e. The van der Waals surface area contributed by atoms with Crippen molar-refractivity contribution in [3.8, 4) is 11.3 Å². The average molecular weight is 310 g/mol. The van der Waals surface area contributed by atoms with Crippen molar-refractivity contribution in [3.63, 3.8) is 0 Å². The van der Waals surface area contributed by atoms with E-state index in [0.717, 1.165) is 0 Å². The van der Waals surface area contributed by atoms with Crippen molar-refractivity contribution in [2.24, 2.45) is 5.92 Å². The van der Waals surface area contributed by atoms with Crippen LogP contribution in [0, 0.1) is 5.92 Å². The Balaban J connectivity index is 2.46. The fourth-order valence-corrected chi connectivity index (χ4v) is 1.65. The highest BCUT2D eigenvalue weighted by molar-refractivity contribution is 5.92. The maximum atomic E-state index is 13.2. The lowest BCUT2D eigenvalue weighted by Gasteiger charge is -2.15. The van der Waals surface area contributed by atoms with Gasteiger partial charge in [0.25, 0.3) is 0 Å². The van der Waals surface area contributed by atoms with Crippen molar-refractivity contribution in [2.75, 3.05) is 5.32 Å². The molecule has 0 aliphatic rings. The first kappa shape index (κ1) is 15.9. The molecule has 2 aromatic heterocycles. The van der Waals surface area contributed by atoms with Gasteiger partial charge in [0.05, 0.1) is 11.4 Å². The van der Waals surface area contributed by atoms with Crippen LogP contribution in [-0.2, 0) is 11.0 Å². The molecule has 0 saturated carbocycles. The van der Waals surface area contributed by atoms with Gasteiger partial charge in [0, 0.05) is 23.9 Å². The van der Waals surface area contributed by atoms with E-state index in [2.05, 4.69) is 20.3 Å². The summed E-state index contributed by atoms with van der Waals surface area (Å²) in [6.07, 6.45) is -0.694. The van der Waals surface area contributed by atoms with Gasteiger partial charge in [-0.15, -0.1) is 0 Å². The number of nitrogens with zero attached hydrogens (tertiary/aromatic N) is 3. The van der Waals surface area contributed by atoms with Crippen molar-refractivity contribution < 1.29 is 18.0 Å². The lowest BCUT2D eigenvalue weighted by atomic mass is 10.1. The summed E-state index contributed by atoms with van der Waals surface area (Å²) >= 11 is 0. The van der Waals surface area contributed by atoms with E-state index in [1.807, 2.05) is 0 Å². The Labute approximate surface area is 124 Å². The monoisotopic (exact) mass is 310 g/mol. The van der Waals surface area contributed by atoms with E-state index in [1.165, 1.54) is 30.9 Å². The summed E-state index contributed by atoms with van der Waals surface area (Å²) in [5.74, 6) is -0.952. The van der Waals surface area contributed by atoms with E-state index in [0.29, 0.717) is 5.56 Å². The van der Waals surface area contributed by atoms with Gasteiger partial charge in [-0.25, -0.2) is 15.0 Å². The smallest absolute Gasteiger partial charge is 0.324 e. The van der Waals surface area contributed by atoms with Gasteiger partial charge in [0.1, 0.15) is 6.33 Å². The van der Waals surface area contributed by atoms with Crippen LogP contribution in [0.15, 0.2) is 30.9 Å². The van der Waals surface area contributed by atoms with Crippen LogP contribution in [0.5, 0.6) is 0 Å². The first-order valence-corrected chi connectivity index (χ1v) is 6.43. The number of halogens is 3. The summed E-state index contributed by atoms with van der Waals surface area (Å²) in [7, 11) is 0. The summed E-state index contributed by atoms with van der Waals surface area (Å²) in [4.78, 5) is 22.7. The summed E-state index contributed by atoms with van der Waals surface area (Å²) in [6, 6.07) is 2.56. The van der Waals surface area contributed by atoms with E-state index in [9.17, 15) is 18.0 Å². The molecule has 0 aliphatic carbocycles. The van der Waals surface area contributed by atoms with Crippen molar-refractivity contribution >= 4 is 11.6 Å². The predicted molar refractivity (Wildman–Crippen MR) is 73.7 cm³/mol. The largest absolute Gasteiger partial charge is 0.435 e. The molecule has 2 aromatic rings. The molecule has 0 atom stereocenters. The minimum atomic E-state index is -4.69. The number of anilines is 1. The Morgan fingerprint density at radius 3 is 2.36 bits per heavy atom. The van der Waals surface area contributed by atoms with Crippen LogP contribution in [0.2, 0.25) is 0 Å². The van der Waals surface area contributed by atoms with Crippen molar-refractivity contribution in [1.82, 2.24) is 15.0 Å². The van der Waals surface area contributed by atoms with Gasteiger partial charge in [-0.1, -0.05) is 13.8 Å². The summed E-state index contributed by atoms with van der Waals surface area (Å²) in [6.45, 7) is 3.18.